The number of benzene rings is 3. The summed E-state index contributed by atoms with van der Waals surface area (Å²) in [4.78, 5) is 0. The fraction of sp³-hybridized carbons (Fsp3) is 0.100. The fourth-order valence-corrected chi connectivity index (χ4v) is 2.78. The average Bonchev–Trinajstić information content (AvgIpc) is 2.51. The third-order valence-electron chi connectivity index (χ3n) is 3.91. The van der Waals surface area contributed by atoms with Gasteiger partial charge in [-0.1, -0.05) is 36.4 Å². The van der Waals surface area contributed by atoms with Crippen molar-refractivity contribution >= 4 is 17.1 Å². The maximum absolute atomic E-state index is 6.14. The Morgan fingerprint density at radius 1 is 0.565 bits per heavy atom. The molecule has 0 spiro atoms. The summed E-state index contributed by atoms with van der Waals surface area (Å²) in [7, 11) is 0. The highest BCUT2D eigenvalue weighted by Crippen LogP contribution is 2.21. The van der Waals surface area contributed by atoms with Crippen LogP contribution >= 0.6 is 0 Å². The van der Waals surface area contributed by atoms with Crippen LogP contribution in [0, 0.1) is 0 Å². The third kappa shape index (κ3) is 3.83. The molecule has 0 saturated heterocycles. The minimum atomic E-state index is 0.775. The van der Waals surface area contributed by atoms with Gasteiger partial charge in [0.25, 0.3) is 0 Å². The molecule has 0 amide bonds. The number of rotatable bonds is 4. The second-order valence-corrected chi connectivity index (χ2v) is 5.88. The average molecular weight is 303 g/mol. The summed E-state index contributed by atoms with van der Waals surface area (Å²) in [6.07, 6.45) is 1.62. The quantitative estimate of drug-likeness (QED) is 0.644. The molecule has 0 radical (unpaired) electrons. The SMILES string of the molecule is Nc1cccc(Cc2ccc(N)c(Cc3cccc(N)c3)c2)c1. The monoisotopic (exact) mass is 303 g/mol. The van der Waals surface area contributed by atoms with Crippen LogP contribution in [0.15, 0.2) is 66.7 Å². The van der Waals surface area contributed by atoms with Gasteiger partial charge in [-0.2, -0.15) is 0 Å². The van der Waals surface area contributed by atoms with E-state index in [2.05, 4.69) is 24.3 Å². The molecule has 0 aliphatic carbocycles. The zero-order valence-corrected chi connectivity index (χ0v) is 13.0. The molecule has 0 aliphatic heterocycles. The Morgan fingerprint density at radius 2 is 1.13 bits per heavy atom. The van der Waals surface area contributed by atoms with Gasteiger partial charge >= 0.3 is 0 Å². The Hall–Kier alpha value is -2.94. The molecular formula is C20H21N3. The van der Waals surface area contributed by atoms with Crippen molar-refractivity contribution in [3.8, 4) is 0 Å². The lowest BCUT2D eigenvalue weighted by molar-refractivity contribution is 1.14. The third-order valence-corrected chi connectivity index (χ3v) is 3.91. The van der Waals surface area contributed by atoms with Crippen LogP contribution < -0.4 is 17.2 Å². The van der Waals surface area contributed by atoms with Crippen molar-refractivity contribution in [3.05, 3.63) is 89.0 Å². The van der Waals surface area contributed by atoms with Gasteiger partial charge in [0.15, 0.2) is 0 Å². The molecule has 0 heterocycles. The van der Waals surface area contributed by atoms with Crippen molar-refractivity contribution in [1.29, 1.82) is 0 Å². The van der Waals surface area contributed by atoms with Crippen LogP contribution in [0.2, 0.25) is 0 Å². The number of nitrogen functional groups attached to an aromatic ring is 3. The van der Waals surface area contributed by atoms with Crippen LogP contribution in [0.25, 0.3) is 0 Å². The smallest absolute Gasteiger partial charge is 0.0350 e. The zero-order chi connectivity index (χ0) is 16.2. The Bertz CT molecular complexity index is 825. The van der Waals surface area contributed by atoms with Gasteiger partial charge in [-0.3, -0.25) is 0 Å². The van der Waals surface area contributed by atoms with E-state index in [1.165, 1.54) is 11.1 Å². The van der Waals surface area contributed by atoms with Gasteiger partial charge in [0.2, 0.25) is 0 Å². The Morgan fingerprint density at radius 3 is 1.74 bits per heavy atom. The van der Waals surface area contributed by atoms with Gasteiger partial charge in [-0.05, 0) is 65.4 Å². The Labute approximate surface area is 136 Å². The lowest BCUT2D eigenvalue weighted by Crippen LogP contribution is -1.99. The van der Waals surface area contributed by atoms with E-state index in [1.807, 2.05) is 42.5 Å². The maximum atomic E-state index is 6.14. The van der Waals surface area contributed by atoms with Crippen molar-refractivity contribution < 1.29 is 0 Å². The van der Waals surface area contributed by atoms with Gasteiger partial charge < -0.3 is 17.2 Å². The van der Waals surface area contributed by atoms with Crippen LogP contribution in [-0.4, -0.2) is 0 Å². The number of anilines is 3. The van der Waals surface area contributed by atoms with E-state index >= 15 is 0 Å². The van der Waals surface area contributed by atoms with Crippen molar-refractivity contribution in [3.63, 3.8) is 0 Å². The van der Waals surface area contributed by atoms with E-state index in [0.717, 1.165) is 41.0 Å². The molecule has 23 heavy (non-hydrogen) atoms. The largest absolute Gasteiger partial charge is 0.399 e. The minimum absolute atomic E-state index is 0.775. The van der Waals surface area contributed by atoms with E-state index in [-0.39, 0.29) is 0 Å². The summed E-state index contributed by atoms with van der Waals surface area (Å²) in [5.74, 6) is 0. The summed E-state index contributed by atoms with van der Waals surface area (Å²) in [5.41, 5.74) is 24.9. The maximum Gasteiger partial charge on any atom is 0.0350 e. The second-order valence-electron chi connectivity index (χ2n) is 5.88. The standard InChI is InChI=1S/C20H21N3/c21-18-5-1-3-14(12-18)9-16-7-8-20(23)17(11-16)10-15-4-2-6-19(22)13-15/h1-8,11-13H,9-10,21-23H2. The fourth-order valence-electron chi connectivity index (χ4n) is 2.78. The molecule has 0 aromatic heterocycles. The highest BCUT2D eigenvalue weighted by molar-refractivity contribution is 5.53. The molecule has 116 valence electrons. The minimum Gasteiger partial charge on any atom is -0.399 e. The zero-order valence-electron chi connectivity index (χ0n) is 13.0. The molecule has 0 saturated carbocycles. The van der Waals surface area contributed by atoms with Crippen molar-refractivity contribution in [2.75, 3.05) is 17.2 Å². The molecule has 3 aromatic carbocycles. The molecule has 0 bridgehead atoms. The molecule has 0 fully saturated rings. The first-order valence-corrected chi connectivity index (χ1v) is 7.66. The van der Waals surface area contributed by atoms with E-state index in [9.17, 15) is 0 Å². The lowest BCUT2D eigenvalue weighted by atomic mass is 9.97. The van der Waals surface area contributed by atoms with E-state index in [0.29, 0.717) is 0 Å². The molecular weight excluding hydrogens is 282 g/mol. The first kappa shape index (κ1) is 15.0. The lowest BCUT2D eigenvalue weighted by Gasteiger charge is -2.10. The van der Waals surface area contributed by atoms with E-state index in [1.54, 1.807) is 0 Å². The van der Waals surface area contributed by atoms with Crippen LogP contribution in [-0.2, 0) is 12.8 Å². The highest BCUT2D eigenvalue weighted by Gasteiger charge is 2.05. The van der Waals surface area contributed by atoms with Gasteiger partial charge in [0, 0.05) is 17.1 Å². The van der Waals surface area contributed by atoms with Gasteiger partial charge in [-0.25, -0.2) is 0 Å². The molecule has 6 N–H and O–H groups in total. The molecule has 3 aromatic rings. The van der Waals surface area contributed by atoms with E-state index in [4.69, 9.17) is 17.2 Å². The molecule has 3 rings (SSSR count). The Kier molecular flexibility index (Phi) is 4.20. The van der Waals surface area contributed by atoms with Crippen molar-refractivity contribution in [2.24, 2.45) is 0 Å². The van der Waals surface area contributed by atoms with Gasteiger partial charge in [0.05, 0.1) is 0 Å². The first-order valence-electron chi connectivity index (χ1n) is 7.66. The van der Waals surface area contributed by atoms with Crippen LogP contribution in [0.4, 0.5) is 17.1 Å². The summed E-state index contributed by atoms with van der Waals surface area (Å²) < 4.78 is 0. The number of hydrogen-bond donors (Lipinski definition) is 3. The van der Waals surface area contributed by atoms with Crippen LogP contribution in [0.1, 0.15) is 22.3 Å². The summed E-state index contributed by atoms with van der Waals surface area (Å²) >= 11 is 0. The summed E-state index contributed by atoms with van der Waals surface area (Å²) in [5, 5.41) is 0. The summed E-state index contributed by atoms with van der Waals surface area (Å²) in [6.45, 7) is 0. The molecule has 0 aliphatic rings. The Balaban J connectivity index is 1.84. The predicted octanol–water partition coefficient (Wildman–Crippen LogP) is 3.61. The predicted molar refractivity (Wildman–Crippen MR) is 98.2 cm³/mol. The van der Waals surface area contributed by atoms with E-state index < -0.39 is 0 Å². The van der Waals surface area contributed by atoms with Gasteiger partial charge in [0.1, 0.15) is 0 Å². The summed E-state index contributed by atoms with van der Waals surface area (Å²) in [6, 6.07) is 22.1. The van der Waals surface area contributed by atoms with Crippen LogP contribution in [0.5, 0.6) is 0 Å². The number of nitrogens with two attached hydrogens (primary N) is 3. The topological polar surface area (TPSA) is 78.1 Å². The normalized spacial score (nSPS) is 10.6. The highest BCUT2D eigenvalue weighted by atomic mass is 14.6. The molecule has 0 atom stereocenters. The van der Waals surface area contributed by atoms with Crippen molar-refractivity contribution in [1.82, 2.24) is 0 Å². The van der Waals surface area contributed by atoms with Crippen molar-refractivity contribution in [2.45, 2.75) is 12.8 Å². The number of hydrogen-bond acceptors (Lipinski definition) is 3. The molecule has 0 unspecified atom stereocenters. The van der Waals surface area contributed by atoms with Crippen LogP contribution in [0.3, 0.4) is 0 Å². The molecule has 3 nitrogen and oxygen atoms in total. The molecule has 3 heteroatoms. The first-order chi connectivity index (χ1) is 11.1. The van der Waals surface area contributed by atoms with Gasteiger partial charge in [-0.15, -0.1) is 0 Å². The second kappa shape index (κ2) is 6.44.